The smallest absolute Gasteiger partial charge is 0.224 e. The molecule has 0 heterocycles. The van der Waals surface area contributed by atoms with Gasteiger partial charge in [0.15, 0.2) is 0 Å². The van der Waals surface area contributed by atoms with Crippen LogP contribution in [0.4, 0.5) is 10.1 Å². The zero-order chi connectivity index (χ0) is 16.8. The molecule has 3 nitrogen and oxygen atoms in total. The van der Waals surface area contributed by atoms with Gasteiger partial charge >= 0.3 is 0 Å². The van der Waals surface area contributed by atoms with Crippen molar-refractivity contribution in [2.45, 2.75) is 19.8 Å². The number of carbonyl (C=O) groups excluding carboxylic acids is 1. The SMILES string of the molecule is Cc1ccc(NC(=O)CCCOc2ccc(Cl)cc2Cl)cc1F. The van der Waals surface area contributed by atoms with Crippen molar-refractivity contribution in [1.29, 1.82) is 0 Å². The van der Waals surface area contributed by atoms with Crippen molar-refractivity contribution in [2.75, 3.05) is 11.9 Å². The van der Waals surface area contributed by atoms with Crippen LogP contribution in [-0.4, -0.2) is 12.5 Å². The van der Waals surface area contributed by atoms with Crippen LogP contribution in [0.1, 0.15) is 18.4 Å². The summed E-state index contributed by atoms with van der Waals surface area (Å²) in [4.78, 5) is 11.8. The first-order valence-corrected chi connectivity index (χ1v) is 7.85. The Morgan fingerprint density at radius 1 is 1.22 bits per heavy atom. The van der Waals surface area contributed by atoms with Crippen molar-refractivity contribution >= 4 is 34.8 Å². The number of anilines is 1. The highest BCUT2D eigenvalue weighted by Crippen LogP contribution is 2.27. The molecule has 0 saturated carbocycles. The Kier molecular flexibility index (Phi) is 6.25. The van der Waals surface area contributed by atoms with Gasteiger partial charge in [0.1, 0.15) is 11.6 Å². The van der Waals surface area contributed by atoms with Gasteiger partial charge in [0.05, 0.1) is 11.6 Å². The van der Waals surface area contributed by atoms with Crippen LogP contribution in [0.3, 0.4) is 0 Å². The first-order valence-electron chi connectivity index (χ1n) is 7.09. The largest absolute Gasteiger partial charge is 0.492 e. The third kappa shape index (κ3) is 5.41. The monoisotopic (exact) mass is 355 g/mol. The summed E-state index contributed by atoms with van der Waals surface area (Å²) in [6.45, 7) is 2.01. The quantitative estimate of drug-likeness (QED) is 0.719. The molecule has 0 aliphatic rings. The normalized spacial score (nSPS) is 10.4. The van der Waals surface area contributed by atoms with Crippen LogP contribution >= 0.6 is 23.2 Å². The van der Waals surface area contributed by atoms with Crippen LogP contribution in [0.15, 0.2) is 36.4 Å². The maximum absolute atomic E-state index is 13.4. The van der Waals surface area contributed by atoms with Crippen LogP contribution in [0.2, 0.25) is 10.0 Å². The Labute approximate surface area is 144 Å². The Balaban J connectivity index is 1.75. The molecule has 0 fully saturated rings. The molecule has 0 aliphatic carbocycles. The summed E-state index contributed by atoms with van der Waals surface area (Å²) in [6, 6.07) is 9.55. The number of hydrogen-bond donors (Lipinski definition) is 1. The van der Waals surface area contributed by atoms with Crippen LogP contribution in [0, 0.1) is 12.7 Å². The molecule has 0 unspecified atom stereocenters. The zero-order valence-electron chi connectivity index (χ0n) is 12.5. The number of halogens is 3. The molecule has 1 N–H and O–H groups in total. The van der Waals surface area contributed by atoms with Gasteiger partial charge in [-0.3, -0.25) is 4.79 Å². The summed E-state index contributed by atoms with van der Waals surface area (Å²) >= 11 is 11.8. The van der Waals surface area contributed by atoms with Crippen molar-refractivity contribution in [3.8, 4) is 5.75 Å². The summed E-state index contributed by atoms with van der Waals surface area (Å²) < 4.78 is 18.9. The molecule has 2 aromatic carbocycles. The topological polar surface area (TPSA) is 38.3 Å². The number of rotatable bonds is 6. The lowest BCUT2D eigenvalue weighted by atomic mass is 10.2. The minimum atomic E-state index is -0.344. The van der Waals surface area contributed by atoms with E-state index in [4.69, 9.17) is 27.9 Å². The Morgan fingerprint density at radius 2 is 2.00 bits per heavy atom. The van der Waals surface area contributed by atoms with Crippen molar-refractivity contribution in [1.82, 2.24) is 0 Å². The summed E-state index contributed by atoms with van der Waals surface area (Å²) in [5, 5.41) is 3.61. The molecule has 6 heteroatoms. The molecule has 2 rings (SSSR count). The van der Waals surface area contributed by atoms with Gasteiger partial charge in [-0.05, 0) is 49.2 Å². The van der Waals surface area contributed by atoms with Gasteiger partial charge in [0, 0.05) is 17.1 Å². The standard InChI is InChI=1S/C17H16Cl2FNO2/c1-11-4-6-13(10-15(11)20)21-17(22)3-2-8-23-16-7-5-12(18)9-14(16)19/h4-7,9-10H,2-3,8H2,1H3,(H,21,22). The molecule has 0 aliphatic heterocycles. The lowest BCUT2D eigenvalue weighted by Crippen LogP contribution is -2.13. The predicted molar refractivity (Wildman–Crippen MR) is 91.0 cm³/mol. The molecule has 0 bridgehead atoms. The number of aryl methyl sites for hydroxylation is 1. The van der Waals surface area contributed by atoms with Crippen molar-refractivity contribution < 1.29 is 13.9 Å². The number of hydrogen-bond acceptors (Lipinski definition) is 2. The molecule has 0 radical (unpaired) electrons. The maximum Gasteiger partial charge on any atom is 0.224 e. The number of carbonyl (C=O) groups is 1. The fourth-order valence-corrected chi connectivity index (χ4v) is 2.36. The predicted octanol–water partition coefficient (Wildman–Crippen LogP) is 5.24. The van der Waals surface area contributed by atoms with E-state index >= 15 is 0 Å². The average molecular weight is 356 g/mol. The summed E-state index contributed by atoms with van der Waals surface area (Å²) in [5.74, 6) is -0.0142. The van der Waals surface area contributed by atoms with E-state index in [2.05, 4.69) is 5.32 Å². The average Bonchev–Trinajstić information content (AvgIpc) is 2.49. The highest BCUT2D eigenvalue weighted by atomic mass is 35.5. The molecule has 2 aromatic rings. The van der Waals surface area contributed by atoms with Gasteiger partial charge in [-0.2, -0.15) is 0 Å². The second-order valence-corrected chi connectivity index (χ2v) is 5.88. The van der Waals surface area contributed by atoms with Crippen LogP contribution in [0.5, 0.6) is 5.75 Å². The van der Waals surface area contributed by atoms with E-state index in [0.717, 1.165) is 0 Å². The van der Waals surface area contributed by atoms with Crippen molar-refractivity contribution in [3.63, 3.8) is 0 Å². The van der Waals surface area contributed by atoms with Gasteiger partial charge in [-0.1, -0.05) is 29.3 Å². The van der Waals surface area contributed by atoms with E-state index in [9.17, 15) is 9.18 Å². The maximum atomic E-state index is 13.4. The Bertz CT molecular complexity index is 707. The molecule has 23 heavy (non-hydrogen) atoms. The van der Waals surface area contributed by atoms with Crippen LogP contribution in [0.25, 0.3) is 0 Å². The van der Waals surface area contributed by atoms with Gasteiger partial charge in [-0.15, -0.1) is 0 Å². The molecule has 0 atom stereocenters. The minimum absolute atomic E-state index is 0.195. The number of nitrogens with one attached hydrogen (secondary N) is 1. The molecule has 122 valence electrons. The van der Waals surface area contributed by atoms with Crippen LogP contribution in [-0.2, 0) is 4.79 Å². The van der Waals surface area contributed by atoms with Crippen LogP contribution < -0.4 is 10.1 Å². The molecule has 0 spiro atoms. The van der Waals surface area contributed by atoms with E-state index in [1.54, 1.807) is 37.3 Å². The van der Waals surface area contributed by atoms with Gasteiger partial charge in [0.25, 0.3) is 0 Å². The minimum Gasteiger partial charge on any atom is -0.492 e. The molecular weight excluding hydrogens is 340 g/mol. The second-order valence-electron chi connectivity index (χ2n) is 5.04. The van der Waals surface area contributed by atoms with Crippen molar-refractivity contribution in [2.24, 2.45) is 0 Å². The lowest BCUT2D eigenvalue weighted by molar-refractivity contribution is -0.116. The third-order valence-corrected chi connectivity index (χ3v) is 3.69. The molecular formula is C17H16Cl2FNO2. The molecule has 0 saturated heterocycles. The first-order chi connectivity index (χ1) is 11.0. The highest BCUT2D eigenvalue weighted by Gasteiger charge is 2.06. The Morgan fingerprint density at radius 3 is 2.70 bits per heavy atom. The molecule has 1 amide bonds. The summed E-state index contributed by atoms with van der Waals surface area (Å²) in [6.07, 6.45) is 0.778. The van der Waals surface area contributed by atoms with Gasteiger partial charge in [-0.25, -0.2) is 4.39 Å². The van der Waals surface area contributed by atoms with Gasteiger partial charge in [0.2, 0.25) is 5.91 Å². The number of benzene rings is 2. The van der Waals surface area contributed by atoms with E-state index < -0.39 is 0 Å². The second kappa shape index (κ2) is 8.18. The fourth-order valence-electron chi connectivity index (χ4n) is 1.90. The summed E-state index contributed by atoms with van der Waals surface area (Å²) in [7, 11) is 0. The zero-order valence-corrected chi connectivity index (χ0v) is 14.0. The first kappa shape index (κ1) is 17.6. The fraction of sp³-hybridized carbons (Fsp3) is 0.235. The van der Waals surface area contributed by atoms with E-state index in [1.165, 1.54) is 6.07 Å². The van der Waals surface area contributed by atoms with E-state index in [0.29, 0.717) is 40.1 Å². The van der Waals surface area contributed by atoms with E-state index in [1.807, 2.05) is 0 Å². The number of ether oxygens (including phenoxy) is 1. The van der Waals surface area contributed by atoms with Crippen molar-refractivity contribution in [3.05, 3.63) is 57.8 Å². The van der Waals surface area contributed by atoms with Gasteiger partial charge < -0.3 is 10.1 Å². The van der Waals surface area contributed by atoms with E-state index in [-0.39, 0.29) is 18.1 Å². The lowest BCUT2D eigenvalue weighted by Gasteiger charge is -2.09. The molecule has 0 aromatic heterocycles. The number of amides is 1. The summed E-state index contributed by atoms with van der Waals surface area (Å²) in [5.41, 5.74) is 0.982. The highest BCUT2D eigenvalue weighted by molar-refractivity contribution is 6.35. The Hall–Kier alpha value is -1.78. The third-order valence-electron chi connectivity index (χ3n) is 3.16.